The van der Waals surface area contributed by atoms with Crippen molar-refractivity contribution in [1.82, 2.24) is 10.3 Å². The third kappa shape index (κ3) is 1.91. The molecule has 0 aromatic carbocycles. The highest BCUT2D eigenvalue weighted by Gasteiger charge is 2.20. The van der Waals surface area contributed by atoms with E-state index in [1.54, 1.807) is 0 Å². The van der Waals surface area contributed by atoms with Crippen LogP contribution in [0.1, 0.15) is 17.7 Å². The van der Waals surface area contributed by atoms with Crippen molar-refractivity contribution in [2.75, 3.05) is 18.8 Å². The third-order valence-corrected chi connectivity index (χ3v) is 3.92. The molecule has 3 nitrogen and oxygen atoms in total. The number of pyridine rings is 1. The summed E-state index contributed by atoms with van der Waals surface area (Å²) in [7, 11) is 0. The molecule has 0 bridgehead atoms. The van der Waals surface area contributed by atoms with Gasteiger partial charge in [-0.3, -0.25) is 0 Å². The number of nitrogens with one attached hydrogen (secondary N) is 1. The first-order chi connectivity index (χ1) is 8.25. The Kier molecular flexibility index (Phi) is 2.76. The number of nitrogens with two attached hydrogens (primary N) is 1. The molecule has 17 heavy (non-hydrogen) atoms. The summed E-state index contributed by atoms with van der Waals surface area (Å²) >= 11 is 3.45. The zero-order valence-corrected chi connectivity index (χ0v) is 11.0. The fourth-order valence-corrected chi connectivity index (χ4v) is 2.73. The predicted octanol–water partition coefficient (Wildman–Crippen LogP) is 2.29. The average Bonchev–Trinajstić information content (AvgIpc) is 2.74. The Hall–Kier alpha value is -1.13. The second kappa shape index (κ2) is 4.27. The van der Waals surface area contributed by atoms with E-state index in [4.69, 9.17) is 5.73 Å². The first-order valence-electron chi connectivity index (χ1n) is 5.81. The summed E-state index contributed by atoms with van der Waals surface area (Å²) in [5, 5.41) is 3.33. The predicted molar refractivity (Wildman–Crippen MR) is 73.6 cm³/mol. The summed E-state index contributed by atoms with van der Waals surface area (Å²) in [6.07, 6.45) is 6.52. The molecule has 0 unspecified atom stereocenters. The first-order valence-corrected chi connectivity index (χ1v) is 6.60. The van der Waals surface area contributed by atoms with Crippen molar-refractivity contribution < 1.29 is 0 Å². The molecule has 1 aromatic rings. The van der Waals surface area contributed by atoms with Crippen molar-refractivity contribution in [3.05, 3.63) is 39.5 Å². The number of allylic oxidation sites excluding steroid dienone is 2. The van der Waals surface area contributed by atoms with Crippen LogP contribution in [0.4, 0.5) is 5.82 Å². The van der Waals surface area contributed by atoms with Crippen molar-refractivity contribution in [2.45, 2.75) is 12.8 Å². The summed E-state index contributed by atoms with van der Waals surface area (Å²) < 4.78 is 0.888. The lowest BCUT2D eigenvalue weighted by atomic mass is 9.96. The molecule has 1 aliphatic carbocycles. The number of hydrogen-bond donors (Lipinski definition) is 2. The molecule has 1 aliphatic heterocycles. The van der Waals surface area contributed by atoms with Crippen LogP contribution >= 0.6 is 15.9 Å². The summed E-state index contributed by atoms with van der Waals surface area (Å²) in [6, 6.07) is 2.10. The Balaban J connectivity index is 2.02. The highest BCUT2D eigenvalue weighted by atomic mass is 79.9. The van der Waals surface area contributed by atoms with Gasteiger partial charge in [-0.2, -0.15) is 0 Å². The number of anilines is 1. The largest absolute Gasteiger partial charge is 0.383 e. The van der Waals surface area contributed by atoms with Crippen molar-refractivity contribution >= 4 is 27.3 Å². The van der Waals surface area contributed by atoms with Gasteiger partial charge in [0.1, 0.15) is 5.82 Å². The van der Waals surface area contributed by atoms with Gasteiger partial charge in [0.25, 0.3) is 0 Å². The molecule has 2 aliphatic rings. The van der Waals surface area contributed by atoms with Crippen LogP contribution in [0.25, 0.3) is 5.57 Å². The van der Waals surface area contributed by atoms with E-state index in [1.807, 2.05) is 0 Å². The van der Waals surface area contributed by atoms with E-state index in [-0.39, 0.29) is 0 Å². The van der Waals surface area contributed by atoms with Crippen LogP contribution < -0.4 is 11.1 Å². The first kappa shape index (κ1) is 11.0. The van der Waals surface area contributed by atoms with Gasteiger partial charge >= 0.3 is 0 Å². The van der Waals surface area contributed by atoms with Gasteiger partial charge in [0, 0.05) is 18.5 Å². The quantitative estimate of drug-likeness (QED) is 0.835. The maximum absolute atomic E-state index is 5.81. The van der Waals surface area contributed by atoms with Gasteiger partial charge in [-0.25, -0.2) is 4.98 Å². The van der Waals surface area contributed by atoms with Crippen LogP contribution in [0, 0.1) is 0 Å². The SMILES string of the molecule is Nc1nc2c(cc1Br)C(C1=CCNCC1)=CC2. The Bertz CT molecular complexity index is 532. The molecule has 88 valence electrons. The van der Waals surface area contributed by atoms with Gasteiger partial charge in [-0.05, 0) is 46.1 Å². The second-order valence-electron chi connectivity index (χ2n) is 4.36. The van der Waals surface area contributed by atoms with Gasteiger partial charge in [-0.1, -0.05) is 12.2 Å². The zero-order valence-electron chi connectivity index (χ0n) is 9.46. The van der Waals surface area contributed by atoms with Crippen LogP contribution in [-0.4, -0.2) is 18.1 Å². The fourth-order valence-electron chi connectivity index (χ4n) is 2.41. The van der Waals surface area contributed by atoms with Crippen LogP contribution in [0.5, 0.6) is 0 Å². The monoisotopic (exact) mass is 291 g/mol. The molecule has 3 N–H and O–H groups in total. The van der Waals surface area contributed by atoms with E-state index in [2.05, 4.69) is 44.4 Å². The number of fused-ring (bicyclic) bond motifs is 1. The van der Waals surface area contributed by atoms with E-state index in [1.165, 1.54) is 16.7 Å². The molecule has 0 saturated carbocycles. The molecular formula is C13H14BrN3. The van der Waals surface area contributed by atoms with Gasteiger partial charge in [0.05, 0.1) is 10.2 Å². The van der Waals surface area contributed by atoms with E-state index < -0.39 is 0 Å². The number of rotatable bonds is 1. The molecule has 0 spiro atoms. The van der Waals surface area contributed by atoms with Crippen LogP contribution in [0.3, 0.4) is 0 Å². The molecule has 2 heterocycles. The van der Waals surface area contributed by atoms with Crippen molar-refractivity contribution in [2.24, 2.45) is 0 Å². The highest BCUT2D eigenvalue weighted by molar-refractivity contribution is 9.10. The molecule has 3 rings (SSSR count). The summed E-state index contributed by atoms with van der Waals surface area (Å²) in [5.41, 5.74) is 10.9. The summed E-state index contributed by atoms with van der Waals surface area (Å²) in [5.74, 6) is 0.581. The molecular weight excluding hydrogens is 278 g/mol. The normalized spacial score (nSPS) is 18.6. The number of hydrogen-bond acceptors (Lipinski definition) is 3. The van der Waals surface area contributed by atoms with Crippen LogP contribution in [0.2, 0.25) is 0 Å². The van der Waals surface area contributed by atoms with E-state index in [0.29, 0.717) is 5.82 Å². The smallest absolute Gasteiger partial charge is 0.138 e. The lowest BCUT2D eigenvalue weighted by Crippen LogP contribution is -2.20. The van der Waals surface area contributed by atoms with E-state index in [0.717, 1.165) is 36.1 Å². The molecule has 0 radical (unpaired) electrons. The highest BCUT2D eigenvalue weighted by Crippen LogP contribution is 2.36. The zero-order chi connectivity index (χ0) is 11.8. The van der Waals surface area contributed by atoms with E-state index in [9.17, 15) is 0 Å². The molecule has 0 atom stereocenters. The van der Waals surface area contributed by atoms with Crippen LogP contribution in [0.15, 0.2) is 28.3 Å². The maximum Gasteiger partial charge on any atom is 0.138 e. The Morgan fingerprint density at radius 2 is 2.24 bits per heavy atom. The maximum atomic E-state index is 5.81. The summed E-state index contributed by atoms with van der Waals surface area (Å²) in [6.45, 7) is 2.02. The van der Waals surface area contributed by atoms with E-state index >= 15 is 0 Å². The number of halogens is 1. The second-order valence-corrected chi connectivity index (χ2v) is 5.21. The Labute approximate surface area is 109 Å². The molecule has 0 amide bonds. The third-order valence-electron chi connectivity index (χ3n) is 3.28. The molecule has 0 saturated heterocycles. The minimum Gasteiger partial charge on any atom is -0.383 e. The Morgan fingerprint density at radius 1 is 1.35 bits per heavy atom. The van der Waals surface area contributed by atoms with Gasteiger partial charge in [0.2, 0.25) is 0 Å². The van der Waals surface area contributed by atoms with Crippen LogP contribution in [-0.2, 0) is 6.42 Å². The fraction of sp³-hybridized carbons (Fsp3) is 0.308. The number of nitrogens with zero attached hydrogens (tertiary/aromatic N) is 1. The lowest BCUT2D eigenvalue weighted by Gasteiger charge is -2.16. The minimum absolute atomic E-state index is 0.581. The minimum atomic E-state index is 0.581. The van der Waals surface area contributed by atoms with Gasteiger partial charge in [0.15, 0.2) is 0 Å². The van der Waals surface area contributed by atoms with Gasteiger partial charge in [-0.15, -0.1) is 0 Å². The molecule has 0 fully saturated rings. The lowest BCUT2D eigenvalue weighted by molar-refractivity contribution is 0.715. The Morgan fingerprint density at radius 3 is 3.00 bits per heavy atom. The van der Waals surface area contributed by atoms with Crippen molar-refractivity contribution in [1.29, 1.82) is 0 Å². The number of aromatic nitrogens is 1. The molecule has 4 heteroatoms. The van der Waals surface area contributed by atoms with Crippen molar-refractivity contribution in [3.8, 4) is 0 Å². The standard InChI is InChI=1S/C13H14BrN3/c14-11-7-10-9(8-3-5-16-6-4-8)1-2-12(10)17-13(11)15/h1,3,7,16H,2,4-6H2,(H2,15,17). The average molecular weight is 292 g/mol. The van der Waals surface area contributed by atoms with Crippen molar-refractivity contribution in [3.63, 3.8) is 0 Å². The van der Waals surface area contributed by atoms with Gasteiger partial charge < -0.3 is 11.1 Å². The summed E-state index contributed by atoms with van der Waals surface area (Å²) in [4.78, 5) is 4.43. The number of nitrogen functional groups attached to an aromatic ring is 1. The molecule has 1 aromatic heterocycles. The topological polar surface area (TPSA) is 50.9 Å².